The molecular formula is C40H69FN2. The highest BCUT2D eigenvalue weighted by Gasteiger charge is 2.15. The maximum atomic E-state index is 12.3. The van der Waals surface area contributed by atoms with Gasteiger partial charge in [0.25, 0.3) is 0 Å². The lowest BCUT2D eigenvalue weighted by Gasteiger charge is -2.17. The Morgan fingerprint density at radius 1 is 0.488 bits per heavy atom. The minimum Gasteiger partial charge on any atom is -0.251 e. The van der Waals surface area contributed by atoms with Gasteiger partial charge in [-0.15, -0.1) is 0 Å². The lowest BCUT2D eigenvalue weighted by atomic mass is 9.91. The van der Waals surface area contributed by atoms with Crippen LogP contribution in [0.1, 0.15) is 198 Å². The molecule has 246 valence electrons. The van der Waals surface area contributed by atoms with Crippen molar-refractivity contribution in [3.63, 3.8) is 0 Å². The number of unbranched alkanes of at least 4 members (excludes halogenated alkanes) is 23. The molecule has 0 aromatic carbocycles. The van der Waals surface area contributed by atoms with Crippen molar-refractivity contribution < 1.29 is 4.39 Å². The number of pyridine rings is 2. The minimum atomic E-state index is -0.157. The Morgan fingerprint density at radius 2 is 0.907 bits per heavy atom. The van der Waals surface area contributed by atoms with Gasteiger partial charge in [0.15, 0.2) is 5.65 Å². The summed E-state index contributed by atoms with van der Waals surface area (Å²) in [5, 5.41) is 1.31. The first-order chi connectivity index (χ1) is 21.3. The molecule has 0 bridgehead atoms. The molecule has 0 spiro atoms. The van der Waals surface area contributed by atoms with Crippen LogP contribution in [0.3, 0.4) is 0 Å². The van der Waals surface area contributed by atoms with Crippen molar-refractivity contribution in [3.8, 4) is 0 Å². The van der Waals surface area contributed by atoms with Gasteiger partial charge in [-0.05, 0) is 68.2 Å². The molecule has 0 atom stereocenters. The molecule has 0 unspecified atom stereocenters. The molecule has 0 radical (unpaired) electrons. The third-order valence-corrected chi connectivity index (χ3v) is 9.42. The molecule has 0 aliphatic heterocycles. The molecule has 2 nitrogen and oxygen atoms in total. The average Bonchev–Trinajstić information content (AvgIpc) is 3.03. The molecule has 0 N–H and O–H groups in total. The molecular weight excluding hydrogens is 527 g/mol. The van der Waals surface area contributed by atoms with Gasteiger partial charge in [-0.25, -0.2) is 9.97 Å². The standard InChI is InChI=1S/C40H69FN2/c1-3-5-7-9-11-13-17-21-25-30-36-37(31-26-22-18-14-12-10-8-6-4-2)39(43-40-38(36)32-29-35-42-40)33-27-23-19-15-16-20-24-28-34-41/h29,32,35H,3-28,30-31,33-34H2,1-2H3. The van der Waals surface area contributed by atoms with Crippen molar-refractivity contribution >= 4 is 11.0 Å². The minimum absolute atomic E-state index is 0.157. The van der Waals surface area contributed by atoms with Crippen LogP contribution in [0.4, 0.5) is 4.39 Å². The van der Waals surface area contributed by atoms with Gasteiger partial charge < -0.3 is 0 Å². The fourth-order valence-electron chi connectivity index (χ4n) is 6.71. The number of nitrogens with zero attached hydrogens (tertiary/aromatic N) is 2. The molecule has 2 rings (SSSR count). The average molecular weight is 597 g/mol. The fraction of sp³-hybridized carbons (Fsp3) is 0.800. The molecule has 2 heterocycles. The fourth-order valence-corrected chi connectivity index (χ4v) is 6.71. The molecule has 2 aromatic rings. The lowest BCUT2D eigenvalue weighted by molar-refractivity contribution is 0.449. The lowest BCUT2D eigenvalue weighted by Crippen LogP contribution is -2.07. The number of rotatable bonds is 30. The topological polar surface area (TPSA) is 25.8 Å². The first-order valence-electron chi connectivity index (χ1n) is 19.1. The Bertz CT molecular complexity index is 911. The zero-order valence-corrected chi connectivity index (χ0v) is 28.7. The number of hydrogen-bond acceptors (Lipinski definition) is 2. The molecule has 3 heteroatoms. The highest BCUT2D eigenvalue weighted by molar-refractivity contribution is 5.80. The summed E-state index contributed by atoms with van der Waals surface area (Å²) in [4.78, 5) is 9.95. The van der Waals surface area contributed by atoms with Gasteiger partial charge in [-0.2, -0.15) is 0 Å². The van der Waals surface area contributed by atoms with Crippen LogP contribution in [0.2, 0.25) is 0 Å². The summed E-state index contributed by atoms with van der Waals surface area (Å²) >= 11 is 0. The first kappa shape index (κ1) is 37.7. The summed E-state index contributed by atoms with van der Waals surface area (Å²) in [6.07, 6.45) is 39.4. The van der Waals surface area contributed by atoms with Crippen molar-refractivity contribution in [1.29, 1.82) is 0 Å². The van der Waals surface area contributed by atoms with E-state index in [0.29, 0.717) is 0 Å². The van der Waals surface area contributed by atoms with E-state index in [9.17, 15) is 4.39 Å². The van der Waals surface area contributed by atoms with E-state index in [1.165, 1.54) is 178 Å². The van der Waals surface area contributed by atoms with Crippen LogP contribution >= 0.6 is 0 Å². The van der Waals surface area contributed by atoms with E-state index in [-0.39, 0.29) is 6.67 Å². The molecule has 0 aliphatic rings. The smallest absolute Gasteiger partial charge is 0.159 e. The van der Waals surface area contributed by atoms with Crippen LogP contribution in [-0.2, 0) is 19.3 Å². The summed E-state index contributed by atoms with van der Waals surface area (Å²) in [7, 11) is 0. The van der Waals surface area contributed by atoms with Crippen molar-refractivity contribution in [1.82, 2.24) is 9.97 Å². The van der Waals surface area contributed by atoms with Gasteiger partial charge in [-0.1, -0.05) is 155 Å². The number of aromatic nitrogens is 2. The second-order valence-electron chi connectivity index (χ2n) is 13.3. The van der Waals surface area contributed by atoms with E-state index in [1.807, 2.05) is 6.20 Å². The van der Waals surface area contributed by atoms with Gasteiger partial charge in [-0.3, -0.25) is 4.39 Å². The summed E-state index contributed by atoms with van der Waals surface area (Å²) in [5.74, 6) is 0. The van der Waals surface area contributed by atoms with Gasteiger partial charge in [0.2, 0.25) is 0 Å². The van der Waals surface area contributed by atoms with E-state index in [0.717, 1.165) is 24.9 Å². The predicted octanol–water partition coefficient (Wildman–Crippen LogP) is 13.4. The Morgan fingerprint density at radius 3 is 1.40 bits per heavy atom. The number of halogens is 1. The van der Waals surface area contributed by atoms with Crippen LogP contribution in [0.15, 0.2) is 18.3 Å². The van der Waals surface area contributed by atoms with Crippen LogP contribution in [0, 0.1) is 0 Å². The second kappa shape index (κ2) is 26.9. The summed E-state index contributed by atoms with van der Waals surface area (Å²) in [5.41, 5.74) is 5.46. The van der Waals surface area contributed by atoms with Crippen LogP contribution in [-0.4, -0.2) is 16.6 Å². The van der Waals surface area contributed by atoms with Crippen molar-refractivity contribution in [2.45, 2.75) is 200 Å². The maximum Gasteiger partial charge on any atom is 0.159 e. The molecule has 0 saturated carbocycles. The molecule has 43 heavy (non-hydrogen) atoms. The van der Waals surface area contributed by atoms with Gasteiger partial charge >= 0.3 is 0 Å². The van der Waals surface area contributed by atoms with Crippen molar-refractivity contribution in [3.05, 3.63) is 35.2 Å². The quantitative estimate of drug-likeness (QED) is 0.0838. The zero-order valence-electron chi connectivity index (χ0n) is 28.7. The van der Waals surface area contributed by atoms with Crippen LogP contribution in [0.25, 0.3) is 11.0 Å². The zero-order chi connectivity index (χ0) is 30.6. The second-order valence-corrected chi connectivity index (χ2v) is 13.3. The van der Waals surface area contributed by atoms with Crippen molar-refractivity contribution in [2.75, 3.05) is 6.67 Å². The van der Waals surface area contributed by atoms with Gasteiger partial charge in [0.1, 0.15) is 0 Å². The third kappa shape index (κ3) is 17.5. The maximum absolute atomic E-state index is 12.3. The number of alkyl halides is 1. The van der Waals surface area contributed by atoms with Crippen molar-refractivity contribution in [2.24, 2.45) is 0 Å². The van der Waals surface area contributed by atoms with Crippen LogP contribution in [0.5, 0.6) is 0 Å². The van der Waals surface area contributed by atoms with E-state index in [2.05, 4.69) is 26.0 Å². The number of aryl methyl sites for hydroxylation is 2. The monoisotopic (exact) mass is 597 g/mol. The highest BCUT2D eigenvalue weighted by Crippen LogP contribution is 2.28. The SMILES string of the molecule is CCCCCCCCCCCc1c(CCCCCCCCCCF)nc2ncccc2c1CCCCCCCCCCC. The molecule has 0 fully saturated rings. The Kier molecular flexibility index (Phi) is 23.5. The number of hydrogen-bond donors (Lipinski definition) is 0. The predicted molar refractivity (Wildman–Crippen MR) is 188 cm³/mol. The van der Waals surface area contributed by atoms with E-state index < -0.39 is 0 Å². The molecule has 2 aromatic heterocycles. The third-order valence-electron chi connectivity index (χ3n) is 9.42. The summed E-state index contributed by atoms with van der Waals surface area (Å²) in [6.45, 7) is 4.44. The Balaban J connectivity index is 1.97. The van der Waals surface area contributed by atoms with E-state index in [1.54, 1.807) is 11.1 Å². The summed E-state index contributed by atoms with van der Waals surface area (Å²) in [6, 6.07) is 4.39. The van der Waals surface area contributed by atoms with Crippen LogP contribution < -0.4 is 0 Å². The van der Waals surface area contributed by atoms with Gasteiger partial charge in [0, 0.05) is 17.3 Å². The largest absolute Gasteiger partial charge is 0.251 e. The molecule has 0 amide bonds. The van der Waals surface area contributed by atoms with Gasteiger partial charge in [0.05, 0.1) is 6.67 Å². The Labute approximate surface area is 266 Å². The van der Waals surface area contributed by atoms with E-state index in [4.69, 9.17) is 9.97 Å². The first-order valence-corrected chi connectivity index (χ1v) is 19.1. The normalized spacial score (nSPS) is 11.6. The Hall–Kier alpha value is -1.51. The molecule has 0 aliphatic carbocycles. The molecule has 0 saturated heterocycles. The number of fused-ring (bicyclic) bond motifs is 1. The van der Waals surface area contributed by atoms with E-state index >= 15 is 0 Å². The highest BCUT2D eigenvalue weighted by atomic mass is 19.1. The summed E-state index contributed by atoms with van der Waals surface area (Å²) < 4.78 is 12.3.